The largest absolute Gasteiger partial charge is 0.250 e. The van der Waals surface area contributed by atoms with Crippen LogP contribution >= 0.6 is 0 Å². The highest BCUT2D eigenvalue weighted by Gasteiger charge is 2.15. The lowest BCUT2D eigenvalue weighted by Gasteiger charge is -2.15. The first-order chi connectivity index (χ1) is 10.9. The van der Waals surface area contributed by atoms with Crippen LogP contribution < -0.4 is 0 Å². The molecule has 0 aliphatic heterocycles. The number of hydrogen-bond acceptors (Lipinski definition) is 4. The van der Waals surface area contributed by atoms with Gasteiger partial charge < -0.3 is 0 Å². The van der Waals surface area contributed by atoms with Crippen molar-refractivity contribution in [3.8, 4) is 0 Å². The smallest absolute Gasteiger partial charge is 0.153 e. The Morgan fingerprint density at radius 1 is 1.00 bits per heavy atom. The predicted molar refractivity (Wildman–Crippen MR) is 92.6 cm³/mol. The monoisotopic (exact) mass is 315 g/mol. The Kier molecular flexibility index (Phi) is 5.85. The molecule has 0 N–H and O–H groups in total. The molecule has 23 heavy (non-hydrogen) atoms. The Bertz CT molecular complexity index is 617. The molecule has 0 aromatic carbocycles. The summed E-state index contributed by atoms with van der Waals surface area (Å²) < 4.78 is 1.93. The van der Waals surface area contributed by atoms with E-state index in [1.54, 1.807) is 0 Å². The van der Waals surface area contributed by atoms with E-state index in [4.69, 9.17) is 0 Å². The van der Waals surface area contributed by atoms with Crippen LogP contribution in [-0.4, -0.2) is 25.0 Å². The van der Waals surface area contributed by atoms with Crippen molar-refractivity contribution in [1.29, 1.82) is 0 Å². The molecule has 5 heteroatoms. The average molecular weight is 315 g/mol. The molecule has 0 aliphatic carbocycles. The summed E-state index contributed by atoms with van der Waals surface area (Å²) in [7, 11) is 0. The molecule has 2 aromatic heterocycles. The quantitative estimate of drug-likeness (QED) is 0.757. The molecule has 0 amide bonds. The van der Waals surface area contributed by atoms with Crippen molar-refractivity contribution in [3.63, 3.8) is 0 Å². The third-order valence-corrected chi connectivity index (χ3v) is 4.38. The first kappa shape index (κ1) is 17.6. The normalized spacial score (nSPS) is 14.4. The highest BCUT2D eigenvalue weighted by molar-refractivity contribution is 5.18. The first-order valence-electron chi connectivity index (χ1n) is 8.62. The second-order valence-corrected chi connectivity index (χ2v) is 7.12. The van der Waals surface area contributed by atoms with Crippen molar-refractivity contribution in [2.24, 2.45) is 0 Å². The molecule has 0 bridgehead atoms. The molecule has 0 spiro atoms. The molecule has 5 nitrogen and oxygen atoms in total. The standard InChI is InChI=1S/C18H29N5/c1-12(2)17-9-16(10-20-21-17)14(5)7-8-15(6)18-19-11-23(22-18)13(3)4/h9-15H,7-8H2,1-6H3. The Hall–Kier alpha value is -1.78. The van der Waals surface area contributed by atoms with Gasteiger partial charge in [0.05, 0.1) is 11.9 Å². The summed E-state index contributed by atoms with van der Waals surface area (Å²) in [6.07, 6.45) is 5.90. The van der Waals surface area contributed by atoms with Gasteiger partial charge in [0.25, 0.3) is 0 Å². The van der Waals surface area contributed by atoms with Crippen LogP contribution in [0.4, 0.5) is 0 Å². The molecule has 0 saturated carbocycles. The van der Waals surface area contributed by atoms with Crippen molar-refractivity contribution >= 4 is 0 Å². The van der Waals surface area contributed by atoms with Crippen molar-refractivity contribution in [2.75, 3.05) is 0 Å². The third-order valence-electron chi connectivity index (χ3n) is 4.38. The molecule has 0 radical (unpaired) electrons. The van der Waals surface area contributed by atoms with Gasteiger partial charge in [0.15, 0.2) is 5.82 Å². The first-order valence-corrected chi connectivity index (χ1v) is 8.62. The molecule has 2 heterocycles. The lowest BCUT2D eigenvalue weighted by atomic mass is 9.92. The van der Waals surface area contributed by atoms with E-state index in [1.165, 1.54) is 5.56 Å². The SMILES string of the molecule is CC(C)c1cc(C(C)CCC(C)c2ncn(C(C)C)n2)cnn1. The topological polar surface area (TPSA) is 56.5 Å². The molecule has 2 rings (SSSR count). The molecule has 126 valence electrons. The molecule has 2 atom stereocenters. The van der Waals surface area contributed by atoms with Gasteiger partial charge in [-0.25, -0.2) is 4.98 Å². The van der Waals surface area contributed by atoms with E-state index in [0.29, 0.717) is 23.8 Å². The summed E-state index contributed by atoms with van der Waals surface area (Å²) in [6, 6.07) is 2.55. The van der Waals surface area contributed by atoms with Gasteiger partial charge in [-0.3, -0.25) is 4.68 Å². The van der Waals surface area contributed by atoms with E-state index in [9.17, 15) is 0 Å². The summed E-state index contributed by atoms with van der Waals surface area (Å²) in [6.45, 7) is 13.0. The number of aromatic nitrogens is 5. The predicted octanol–water partition coefficient (Wildman–Crippen LogP) is 4.46. The van der Waals surface area contributed by atoms with Gasteiger partial charge in [-0.2, -0.15) is 15.3 Å². The lowest BCUT2D eigenvalue weighted by Crippen LogP contribution is -2.05. The van der Waals surface area contributed by atoms with E-state index in [0.717, 1.165) is 24.4 Å². The van der Waals surface area contributed by atoms with Gasteiger partial charge >= 0.3 is 0 Å². The van der Waals surface area contributed by atoms with Gasteiger partial charge in [-0.1, -0.05) is 27.7 Å². The van der Waals surface area contributed by atoms with Gasteiger partial charge in [-0.15, -0.1) is 0 Å². The minimum absolute atomic E-state index is 0.361. The average Bonchev–Trinajstić information content (AvgIpc) is 3.02. The van der Waals surface area contributed by atoms with Crippen LogP contribution in [0.3, 0.4) is 0 Å². The van der Waals surface area contributed by atoms with Gasteiger partial charge in [0.1, 0.15) is 6.33 Å². The van der Waals surface area contributed by atoms with E-state index in [-0.39, 0.29) is 0 Å². The highest BCUT2D eigenvalue weighted by Crippen LogP contribution is 2.27. The van der Waals surface area contributed by atoms with Gasteiger partial charge in [-0.05, 0) is 50.2 Å². The molecule has 0 fully saturated rings. The van der Waals surface area contributed by atoms with Crippen LogP contribution in [0, 0.1) is 0 Å². The van der Waals surface area contributed by atoms with Crippen molar-refractivity contribution < 1.29 is 0 Å². The zero-order valence-corrected chi connectivity index (χ0v) is 15.2. The van der Waals surface area contributed by atoms with E-state index >= 15 is 0 Å². The van der Waals surface area contributed by atoms with Gasteiger partial charge in [0, 0.05) is 12.0 Å². The van der Waals surface area contributed by atoms with Gasteiger partial charge in [0.2, 0.25) is 0 Å². The number of rotatable bonds is 7. The fraction of sp³-hybridized carbons (Fsp3) is 0.667. The van der Waals surface area contributed by atoms with E-state index in [1.807, 2.05) is 17.2 Å². The second kappa shape index (κ2) is 7.66. The molecular weight excluding hydrogens is 286 g/mol. The highest BCUT2D eigenvalue weighted by atomic mass is 15.3. The Balaban J connectivity index is 1.95. The molecule has 0 saturated heterocycles. The molecule has 2 unspecified atom stereocenters. The molecule has 2 aromatic rings. The fourth-order valence-corrected chi connectivity index (χ4v) is 2.51. The summed E-state index contributed by atoms with van der Waals surface area (Å²) in [5, 5.41) is 12.9. The molecule has 0 aliphatic rings. The maximum Gasteiger partial charge on any atom is 0.153 e. The Morgan fingerprint density at radius 2 is 1.70 bits per heavy atom. The van der Waals surface area contributed by atoms with Crippen LogP contribution in [0.1, 0.15) is 95.3 Å². The molecular formula is C18H29N5. The third kappa shape index (κ3) is 4.60. The minimum atomic E-state index is 0.361. The van der Waals surface area contributed by atoms with Crippen LogP contribution in [0.5, 0.6) is 0 Å². The van der Waals surface area contributed by atoms with Crippen molar-refractivity contribution in [3.05, 3.63) is 35.7 Å². The lowest BCUT2D eigenvalue weighted by molar-refractivity contribution is 0.507. The van der Waals surface area contributed by atoms with Crippen LogP contribution in [0.15, 0.2) is 18.6 Å². The zero-order valence-electron chi connectivity index (χ0n) is 15.2. The summed E-state index contributed by atoms with van der Waals surface area (Å²) >= 11 is 0. The maximum absolute atomic E-state index is 4.58. The fourth-order valence-electron chi connectivity index (χ4n) is 2.51. The summed E-state index contributed by atoms with van der Waals surface area (Å²) in [5.74, 6) is 2.20. The Labute approximate surface area is 139 Å². The van der Waals surface area contributed by atoms with E-state index in [2.05, 4.69) is 67.9 Å². The second-order valence-electron chi connectivity index (χ2n) is 7.12. The number of hydrogen-bond donors (Lipinski definition) is 0. The zero-order chi connectivity index (χ0) is 17.0. The number of nitrogens with zero attached hydrogens (tertiary/aromatic N) is 5. The van der Waals surface area contributed by atoms with Crippen molar-refractivity contribution in [2.45, 2.75) is 78.2 Å². The summed E-state index contributed by atoms with van der Waals surface area (Å²) in [5.41, 5.74) is 2.34. The minimum Gasteiger partial charge on any atom is -0.250 e. The Morgan fingerprint density at radius 3 is 2.30 bits per heavy atom. The van der Waals surface area contributed by atoms with E-state index < -0.39 is 0 Å². The van der Waals surface area contributed by atoms with Crippen LogP contribution in [0.2, 0.25) is 0 Å². The van der Waals surface area contributed by atoms with Crippen LogP contribution in [-0.2, 0) is 0 Å². The maximum atomic E-state index is 4.58. The van der Waals surface area contributed by atoms with Crippen LogP contribution in [0.25, 0.3) is 0 Å². The van der Waals surface area contributed by atoms with Crippen molar-refractivity contribution in [1.82, 2.24) is 25.0 Å². The summed E-state index contributed by atoms with van der Waals surface area (Å²) in [4.78, 5) is 4.45.